The number of amides is 1. The molecule has 0 spiro atoms. The quantitative estimate of drug-likeness (QED) is 0.878. The van der Waals surface area contributed by atoms with Gasteiger partial charge in [0.1, 0.15) is 5.69 Å². The van der Waals surface area contributed by atoms with E-state index in [1.807, 2.05) is 18.2 Å². The second kappa shape index (κ2) is 6.19. The van der Waals surface area contributed by atoms with Crippen molar-refractivity contribution in [1.29, 1.82) is 0 Å². The Bertz CT molecular complexity index is 639. The van der Waals surface area contributed by atoms with Crippen molar-refractivity contribution < 1.29 is 9.53 Å². The molecule has 22 heavy (non-hydrogen) atoms. The molecule has 0 saturated heterocycles. The van der Waals surface area contributed by atoms with E-state index in [4.69, 9.17) is 4.74 Å². The van der Waals surface area contributed by atoms with Crippen LogP contribution in [-0.4, -0.2) is 41.1 Å². The van der Waals surface area contributed by atoms with Gasteiger partial charge in [0, 0.05) is 37.7 Å². The Morgan fingerprint density at radius 1 is 1.27 bits per heavy atom. The van der Waals surface area contributed by atoms with Gasteiger partial charge in [0.05, 0.1) is 12.2 Å². The summed E-state index contributed by atoms with van der Waals surface area (Å²) >= 11 is 0. The van der Waals surface area contributed by atoms with Crippen LogP contribution in [0.1, 0.15) is 23.2 Å². The van der Waals surface area contributed by atoms with Crippen LogP contribution in [0, 0.1) is 5.41 Å². The van der Waals surface area contributed by atoms with Crippen molar-refractivity contribution in [2.24, 2.45) is 5.41 Å². The van der Waals surface area contributed by atoms with Crippen LogP contribution in [-0.2, 0) is 4.74 Å². The second-order valence-electron chi connectivity index (χ2n) is 5.63. The fourth-order valence-corrected chi connectivity index (χ4v) is 2.30. The van der Waals surface area contributed by atoms with E-state index < -0.39 is 0 Å². The van der Waals surface area contributed by atoms with E-state index in [0.29, 0.717) is 30.2 Å². The lowest BCUT2D eigenvalue weighted by Crippen LogP contribution is -2.32. The van der Waals surface area contributed by atoms with E-state index in [1.165, 1.54) is 12.4 Å². The van der Waals surface area contributed by atoms with Gasteiger partial charge in [-0.1, -0.05) is 6.07 Å². The Morgan fingerprint density at radius 3 is 2.64 bits per heavy atom. The number of hydrogen-bond donors (Lipinski definition) is 1. The maximum absolute atomic E-state index is 12.1. The van der Waals surface area contributed by atoms with Gasteiger partial charge in [-0.3, -0.25) is 9.78 Å². The van der Waals surface area contributed by atoms with E-state index in [2.05, 4.69) is 20.3 Å². The number of carbonyl (C=O) groups excluding carboxylic acids is 1. The van der Waals surface area contributed by atoms with Crippen LogP contribution >= 0.6 is 0 Å². The fourth-order valence-electron chi connectivity index (χ4n) is 2.30. The zero-order valence-electron chi connectivity index (χ0n) is 12.5. The largest absolute Gasteiger partial charge is 0.384 e. The molecule has 2 aromatic rings. The fraction of sp³-hybridized carbons (Fsp3) is 0.375. The lowest BCUT2D eigenvalue weighted by atomic mass is 10.1. The van der Waals surface area contributed by atoms with Gasteiger partial charge in [-0.2, -0.15) is 0 Å². The third kappa shape index (κ3) is 3.28. The highest BCUT2D eigenvalue weighted by Crippen LogP contribution is 2.45. The Morgan fingerprint density at radius 2 is 2.05 bits per heavy atom. The minimum absolute atomic E-state index is 0.124. The number of methoxy groups -OCH3 is 1. The molecule has 0 bridgehead atoms. The standard InChI is InChI=1S/C16H18N4O2/c1-22-11-16(5-6-16)10-20-15(21)12-8-18-14(19-9-12)13-4-2-3-7-17-13/h2-4,7-9H,5-6,10-11H2,1H3,(H,20,21). The topological polar surface area (TPSA) is 77.0 Å². The second-order valence-corrected chi connectivity index (χ2v) is 5.63. The number of pyridine rings is 1. The highest BCUT2D eigenvalue weighted by Gasteiger charge is 2.42. The lowest BCUT2D eigenvalue weighted by Gasteiger charge is -2.14. The molecule has 114 valence electrons. The molecule has 0 aromatic carbocycles. The molecule has 1 fully saturated rings. The molecule has 1 aliphatic carbocycles. The molecule has 0 unspecified atom stereocenters. The van der Waals surface area contributed by atoms with E-state index in [0.717, 1.165) is 12.8 Å². The third-order valence-corrected chi connectivity index (χ3v) is 3.84. The molecular weight excluding hydrogens is 280 g/mol. The van der Waals surface area contributed by atoms with Crippen LogP contribution in [0.25, 0.3) is 11.5 Å². The van der Waals surface area contributed by atoms with Gasteiger partial charge in [-0.05, 0) is 25.0 Å². The van der Waals surface area contributed by atoms with Gasteiger partial charge >= 0.3 is 0 Å². The molecular formula is C16H18N4O2. The first-order valence-corrected chi connectivity index (χ1v) is 7.23. The van der Waals surface area contributed by atoms with Crippen molar-refractivity contribution in [3.8, 4) is 11.5 Å². The van der Waals surface area contributed by atoms with Gasteiger partial charge in [0.25, 0.3) is 5.91 Å². The van der Waals surface area contributed by atoms with Gasteiger partial charge < -0.3 is 10.1 Å². The van der Waals surface area contributed by atoms with E-state index in [-0.39, 0.29) is 11.3 Å². The van der Waals surface area contributed by atoms with Gasteiger partial charge in [-0.15, -0.1) is 0 Å². The molecule has 2 heterocycles. The zero-order valence-corrected chi connectivity index (χ0v) is 12.5. The summed E-state index contributed by atoms with van der Waals surface area (Å²) in [4.78, 5) is 24.7. The first kappa shape index (κ1) is 14.6. The number of rotatable bonds is 6. The van der Waals surface area contributed by atoms with Crippen LogP contribution in [0.3, 0.4) is 0 Å². The molecule has 0 aliphatic heterocycles. The Labute approximate surface area is 129 Å². The summed E-state index contributed by atoms with van der Waals surface area (Å²) in [6, 6.07) is 5.53. The van der Waals surface area contributed by atoms with Crippen molar-refractivity contribution in [2.75, 3.05) is 20.3 Å². The highest BCUT2D eigenvalue weighted by molar-refractivity contribution is 5.93. The Kier molecular flexibility index (Phi) is 4.11. The van der Waals surface area contributed by atoms with Crippen molar-refractivity contribution in [1.82, 2.24) is 20.3 Å². The Balaban J connectivity index is 1.62. The van der Waals surface area contributed by atoms with Crippen molar-refractivity contribution in [3.63, 3.8) is 0 Å². The van der Waals surface area contributed by atoms with E-state index >= 15 is 0 Å². The first-order chi connectivity index (χ1) is 10.7. The first-order valence-electron chi connectivity index (χ1n) is 7.23. The number of nitrogens with one attached hydrogen (secondary N) is 1. The minimum atomic E-state index is -0.157. The summed E-state index contributed by atoms with van der Waals surface area (Å²) in [6.07, 6.45) is 6.93. The summed E-state index contributed by atoms with van der Waals surface area (Å²) in [5, 5.41) is 2.93. The van der Waals surface area contributed by atoms with Crippen LogP contribution < -0.4 is 5.32 Å². The number of aromatic nitrogens is 3. The van der Waals surface area contributed by atoms with Crippen LogP contribution in [0.4, 0.5) is 0 Å². The predicted molar refractivity (Wildman–Crippen MR) is 81.1 cm³/mol. The van der Waals surface area contributed by atoms with Crippen molar-refractivity contribution in [2.45, 2.75) is 12.8 Å². The molecule has 1 saturated carbocycles. The molecule has 1 N–H and O–H groups in total. The molecule has 1 amide bonds. The van der Waals surface area contributed by atoms with Crippen LogP contribution in [0.15, 0.2) is 36.8 Å². The summed E-state index contributed by atoms with van der Waals surface area (Å²) in [7, 11) is 1.69. The SMILES string of the molecule is COCC1(CNC(=O)c2cnc(-c3ccccn3)nc2)CC1. The summed E-state index contributed by atoms with van der Waals surface area (Å²) in [6.45, 7) is 1.31. The van der Waals surface area contributed by atoms with E-state index in [9.17, 15) is 4.79 Å². The van der Waals surface area contributed by atoms with Gasteiger partial charge in [0.2, 0.25) is 0 Å². The summed E-state index contributed by atoms with van der Waals surface area (Å²) < 4.78 is 5.19. The van der Waals surface area contributed by atoms with Crippen LogP contribution in [0.5, 0.6) is 0 Å². The predicted octanol–water partition coefficient (Wildman–Crippen LogP) is 1.69. The number of hydrogen-bond acceptors (Lipinski definition) is 5. The molecule has 2 aromatic heterocycles. The number of carbonyl (C=O) groups is 1. The highest BCUT2D eigenvalue weighted by atomic mass is 16.5. The molecule has 3 rings (SSSR count). The Hall–Kier alpha value is -2.34. The summed E-state index contributed by atoms with van der Waals surface area (Å²) in [5.41, 5.74) is 1.26. The zero-order chi connectivity index (χ0) is 15.4. The smallest absolute Gasteiger partial charge is 0.254 e. The third-order valence-electron chi connectivity index (χ3n) is 3.84. The lowest BCUT2D eigenvalue weighted by molar-refractivity contribution is 0.0918. The number of nitrogens with zero attached hydrogens (tertiary/aromatic N) is 3. The molecule has 6 heteroatoms. The maximum atomic E-state index is 12.1. The normalized spacial score (nSPS) is 15.3. The van der Waals surface area contributed by atoms with Crippen LogP contribution in [0.2, 0.25) is 0 Å². The average molecular weight is 298 g/mol. The molecule has 6 nitrogen and oxygen atoms in total. The minimum Gasteiger partial charge on any atom is -0.384 e. The van der Waals surface area contributed by atoms with Gasteiger partial charge in [0.15, 0.2) is 5.82 Å². The van der Waals surface area contributed by atoms with Crippen molar-refractivity contribution >= 4 is 5.91 Å². The average Bonchev–Trinajstić information content (AvgIpc) is 3.34. The van der Waals surface area contributed by atoms with Gasteiger partial charge in [-0.25, -0.2) is 9.97 Å². The summed E-state index contributed by atoms with van der Waals surface area (Å²) in [5.74, 6) is 0.352. The monoisotopic (exact) mass is 298 g/mol. The van der Waals surface area contributed by atoms with Crippen molar-refractivity contribution in [3.05, 3.63) is 42.4 Å². The number of ether oxygens (including phenoxy) is 1. The van der Waals surface area contributed by atoms with E-state index in [1.54, 1.807) is 13.3 Å². The molecule has 1 aliphatic rings. The maximum Gasteiger partial charge on any atom is 0.254 e. The molecule has 0 radical (unpaired) electrons. The molecule has 0 atom stereocenters.